The van der Waals surface area contributed by atoms with Crippen LogP contribution in [0.15, 0.2) is 41.7 Å². The van der Waals surface area contributed by atoms with Gasteiger partial charge < -0.3 is 5.32 Å². The van der Waals surface area contributed by atoms with E-state index in [4.69, 9.17) is 10.5 Å². The number of nitriles is 3. The monoisotopic (exact) mass is 235 g/mol. The molecule has 86 valence electrons. The normalized spacial score (nSPS) is 21.8. The third-order valence-electron chi connectivity index (χ3n) is 2.93. The van der Waals surface area contributed by atoms with E-state index in [1.54, 1.807) is 6.92 Å². The van der Waals surface area contributed by atoms with E-state index in [0.717, 1.165) is 5.56 Å². The Morgan fingerprint density at radius 3 is 2.28 bits per heavy atom. The highest BCUT2D eigenvalue weighted by molar-refractivity contribution is 5.45. The Kier molecular flexibility index (Phi) is 2.64. The summed E-state index contributed by atoms with van der Waals surface area (Å²) < 4.78 is 0. The van der Waals surface area contributed by atoms with Crippen molar-refractivity contribution in [1.29, 1.82) is 15.8 Å². The number of allylic oxidation sites excluding steroid dienone is 2. The Hall–Kier alpha value is -2.97. The summed E-state index contributed by atoms with van der Waals surface area (Å²) in [7, 11) is 0. The SMILES string of the molecule is CC1(c2ccccc2)NC(C#N)=C(C#N)N1C#N. The molecule has 0 bridgehead atoms. The van der Waals surface area contributed by atoms with E-state index in [-0.39, 0.29) is 11.4 Å². The Morgan fingerprint density at radius 1 is 1.11 bits per heavy atom. The number of hydrogen-bond acceptors (Lipinski definition) is 5. The molecule has 0 saturated carbocycles. The van der Waals surface area contributed by atoms with E-state index in [2.05, 4.69) is 5.32 Å². The van der Waals surface area contributed by atoms with Crippen molar-refractivity contribution >= 4 is 0 Å². The molecule has 2 rings (SSSR count). The molecule has 1 aromatic carbocycles. The molecule has 1 aliphatic heterocycles. The third-order valence-corrected chi connectivity index (χ3v) is 2.93. The van der Waals surface area contributed by atoms with Crippen LogP contribution in [0.3, 0.4) is 0 Å². The van der Waals surface area contributed by atoms with E-state index in [0.29, 0.717) is 0 Å². The molecule has 0 aliphatic carbocycles. The van der Waals surface area contributed by atoms with Crippen LogP contribution < -0.4 is 5.32 Å². The van der Waals surface area contributed by atoms with Gasteiger partial charge in [-0.25, -0.2) is 4.90 Å². The zero-order valence-corrected chi connectivity index (χ0v) is 9.68. The van der Waals surface area contributed by atoms with E-state index < -0.39 is 5.66 Å². The summed E-state index contributed by atoms with van der Waals surface area (Å²) in [5.74, 6) is 0. The molecule has 1 N–H and O–H groups in total. The first-order chi connectivity index (χ1) is 8.67. The molecule has 0 spiro atoms. The summed E-state index contributed by atoms with van der Waals surface area (Å²) in [6.45, 7) is 1.76. The fourth-order valence-electron chi connectivity index (χ4n) is 1.99. The second kappa shape index (κ2) is 4.13. The van der Waals surface area contributed by atoms with E-state index in [9.17, 15) is 5.26 Å². The maximum Gasteiger partial charge on any atom is 0.187 e. The zero-order chi connectivity index (χ0) is 13.2. The van der Waals surface area contributed by atoms with Gasteiger partial charge in [0, 0.05) is 0 Å². The molecular formula is C13H9N5. The van der Waals surface area contributed by atoms with Crippen LogP contribution in [0.1, 0.15) is 12.5 Å². The lowest BCUT2D eigenvalue weighted by Crippen LogP contribution is -2.44. The Morgan fingerprint density at radius 2 is 1.78 bits per heavy atom. The summed E-state index contributed by atoms with van der Waals surface area (Å²) >= 11 is 0. The van der Waals surface area contributed by atoms with Crippen molar-refractivity contribution in [3.8, 4) is 18.3 Å². The molecule has 18 heavy (non-hydrogen) atoms. The highest BCUT2D eigenvalue weighted by atomic mass is 15.4. The van der Waals surface area contributed by atoms with Crippen molar-refractivity contribution in [1.82, 2.24) is 10.2 Å². The smallest absolute Gasteiger partial charge is 0.187 e. The molecule has 0 amide bonds. The van der Waals surface area contributed by atoms with Crippen molar-refractivity contribution in [3.05, 3.63) is 47.3 Å². The Labute approximate surface area is 105 Å². The Bertz CT molecular complexity index is 626. The highest BCUT2D eigenvalue weighted by Crippen LogP contribution is 2.35. The van der Waals surface area contributed by atoms with Crippen LogP contribution in [0.25, 0.3) is 0 Å². The first-order valence-corrected chi connectivity index (χ1v) is 5.25. The van der Waals surface area contributed by atoms with Crippen molar-refractivity contribution in [2.45, 2.75) is 12.6 Å². The van der Waals surface area contributed by atoms with Gasteiger partial charge in [-0.2, -0.15) is 15.8 Å². The summed E-state index contributed by atoms with van der Waals surface area (Å²) in [5, 5.41) is 30.2. The van der Waals surface area contributed by atoms with E-state index in [1.165, 1.54) is 4.90 Å². The summed E-state index contributed by atoms with van der Waals surface area (Å²) in [6.07, 6.45) is 1.96. The number of nitrogens with one attached hydrogen (secondary N) is 1. The summed E-state index contributed by atoms with van der Waals surface area (Å²) in [4.78, 5) is 1.22. The highest BCUT2D eigenvalue weighted by Gasteiger charge is 2.43. The summed E-state index contributed by atoms with van der Waals surface area (Å²) in [5.41, 5.74) is 0.0767. The lowest BCUT2D eigenvalue weighted by molar-refractivity contribution is 0.226. The molecule has 5 nitrogen and oxygen atoms in total. The van der Waals surface area contributed by atoms with Gasteiger partial charge in [0.05, 0.1) is 0 Å². The minimum Gasteiger partial charge on any atom is -0.347 e. The van der Waals surface area contributed by atoms with Gasteiger partial charge in [0.2, 0.25) is 0 Å². The number of rotatable bonds is 1. The van der Waals surface area contributed by atoms with Crippen LogP contribution in [0, 0.1) is 34.1 Å². The van der Waals surface area contributed by atoms with Gasteiger partial charge in [-0.15, -0.1) is 0 Å². The first-order valence-electron chi connectivity index (χ1n) is 5.25. The van der Waals surface area contributed by atoms with E-state index in [1.807, 2.05) is 48.7 Å². The quantitative estimate of drug-likeness (QED) is 0.745. The fraction of sp³-hybridized carbons (Fsp3) is 0.154. The minimum atomic E-state index is -0.897. The predicted octanol–water partition coefficient (Wildman–Crippen LogP) is 1.50. The zero-order valence-electron chi connectivity index (χ0n) is 9.68. The molecular weight excluding hydrogens is 226 g/mol. The lowest BCUT2D eigenvalue weighted by Gasteiger charge is -2.32. The number of nitrogens with zero attached hydrogens (tertiary/aromatic N) is 4. The van der Waals surface area contributed by atoms with Gasteiger partial charge in [-0.3, -0.25) is 0 Å². The fourth-order valence-corrected chi connectivity index (χ4v) is 1.99. The maximum atomic E-state index is 9.22. The Balaban J connectivity index is 2.55. The van der Waals surface area contributed by atoms with Crippen LogP contribution in [0.2, 0.25) is 0 Å². The third kappa shape index (κ3) is 1.45. The maximum absolute atomic E-state index is 9.22. The van der Waals surface area contributed by atoms with Crippen LogP contribution in [0.4, 0.5) is 0 Å². The number of benzene rings is 1. The minimum absolute atomic E-state index is 0.0475. The van der Waals surface area contributed by atoms with Crippen molar-refractivity contribution < 1.29 is 0 Å². The van der Waals surface area contributed by atoms with Crippen LogP contribution in [-0.2, 0) is 5.66 Å². The first kappa shape index (κ1) is 11.5. The molecule has 1 aliphatic rings. The molecule has 5 heteroatoms. The molecule has 1 heterocycles. The largest absolute Gasteiger partial charge is 0.347 e. The molecule has 1 aromatic rings. The van der Waals surface area contributed by atoms with Gasteiger partial charge >= 0.3 is 0 Å². The topological polar surface area (TPSA) is 86.6 Å². The molecule has 1 atom stereocenters. The van der Waals surface area contributed by atoms with Crippen molar-refractivity contribution in [2.24, 2.45) is 0 Å². The molecule has 0 fully saturated rings. The van der Waals surface area contributed by atoms with Gasteiger partial charge in [-0.1, -0.05) is 30.3 Å². The standard InChI is InChI=1S/C13H9N5/c1-13(10-5-3-2-4-6-10)17-11(7-14)12(8-15)18(13)9-16/h2-6,17H,1H3. The lowest BCUT2D eigenvalue weighted by atomic mass is 10.0. The molecule has 1 unspecified atom stereocenters. The van der Waals surface area contributed by atoms with Gasteiger partial charge in [0.15, 0.2) is 17.6 Å². The molecule has 0 saturated heterocycles. The van der Waals surface area contributed by atoms with Crippen LogP contribution >= 0.6 is 0 Å². The molecule has 0 aromatic heterocycles. The van der Waals surface area contributed by atoms with Gasteiger partial charge in [0.1, 0.15) is 17.8 Å². The summed E-state index contributed by atoms with van der Waals surface area (Å²) in [6, 6.07) is 13.0. The van der Waals surface area contributed by atoms with Gasteiger partial charge in [-0.05, 0) is 12.5 Å². The van der Waals surface area contributed by atoms with E-state index >= 15 is 0 Å². The van der Waals surface area contributed by atoms with Crippen LogP contribution in [0.5, 0.6) is 0 Å². The average Bonchev–Trinajstić information content (AvgIpc) is 2.72. The second-order valence-corrected chi connectivity index (χ2v) is 3.95. The van der Waals surface area contributed by atoms with Gasteiger partial charge in [0.25, 0.3) is 0 Å². The van der Waals surface area contributed by atoms with Crippen molar-refractivity contribution in [2.75, 3.05) is 0 Å². The van der Waals surface area contributed by atoms with Crippen molar-refractivity contribution in [3.63, 3.8) is 0 Å². The molecule has 0 radical (unpaired) electrons. The predicted molar refractivity (Wildman–Crippen MR) is 62.6 cm³/mol. The average molecular weight is 235 g/mol. The number of hydrogen-bond donors (Lipinski definition) is 1. The van der Waals surface area contributed by atoms with Crippen LogP contribution in [-0.4, -0.2) is 4.90 Å². The second-order valence-electron chi connectivity index (χ2n) is 3.95.